The first kappa shape index (κ1) is 10.7. The molecule has 3 N–H and O–H groups in total. The SMILES string of the molecule is Cc1ccc([C@@](C)(N)CC(=O)O)cn1. The topological polar surface area (TPSA) is 76.2 Å². The third-order valence-electron chi connectivity index (χ3n) is 2.09. The minimum atomic E-state index is -0.907. The molecule has 0 bridgehead atoms. The fourth-order valence-corrected chi connectivity index (χ4v) is 1.22. The zero-order chi connectivity index (χ0) is 10.8. The molecule has 1 heterocycles. The Balaban J connectivity index is 2.91. The zero-order valence-corrected chi connectivity index (χ0v) is 8.32. The van der Waals surface area contributed by atoms with Crippen molar-refractivity contribution in [3.8, 4) is 0 Å². The summed E-state index contributed by atoms with van der Waals surface area (Å²) in [7, 11) is 0. The Morgan fingerprint density at radius 2 is 2.29 bits per heavy atom. The first-order valence-electron chi connectivity index (χ1n) is 4.35. The van der Waals surface area contributed by atoms with Crippen LogP contribution < -0.4 is 5.73 Å². The highest BCUT2D eigenvalue weighted by Gasteiger charge is 2.24. The lowest BCUT2D eigenvalue weighted by molar-refractivity contribution is -0.138. The van der Waals surface area contributed by atoms with E-state index in [0.29, 0.717) is 0 Å². The fraction of sp³-hybridized carbons (Fsp3) is 0.400. The number of aryl methyl sites for hydroxylation is 1. The summed E-state index contributed by atoms with van der Waals surface area (Å²) in [6.07, 6.45) is 1.52. The first-order valence-corrected chi connectivity index (χ1v) is 4.35. The molecule has 0 aliphatic carbocycles. The molecule has 4 nitrogen and oxygen atoms in total. The van der Waals surface area contributed by atoms with Crippen molar-refractivity contribution in [2.75, 3.05) is 0 Å². The van der Waals surface area contributed by atoms with Gasteiger partial charge in [0, 0.05) is 11.9 Å². The van der Waals surface area contributed by atoms with Crippen LogP contribution in [0.25, 0.3) is 0 Å². The van der Waals surface area contributed by atoms with Crippen molar-refractivity contribution in [1.82, 2.24) is 4.98 Å². The molecule has 0 aliphatic rings. The van der Waals surface area contributed by atoms with E-state index < -0.39 is 11.5 Å². The lowest BCUT2D eigenvalue weighted by atomic mass is 9.91. The molecular formula is C10H14N2O2. The van der Waals surface area contributed by atoms with Gasteiger partial charge in [-0.25, -0.2) is 0 Å². The van der Waals surface area contributed by atoms with Crippen LogP contribution in [0.3, 0.4) is 0 Å². The average Bonchev–Trinajstić information content (AvgIpc) is 2.02. The first-order chi connectivity index (χ1) is 6.42. The summed E-state index contributed by atoms with van der Waals surface area (Å²) in [5, 5.41) is 8.66. The maximum absolute atomic E-state index is 10.6. The van der Waals surface area contributed by atoms with E-state index >= 15 is 0 Å². The van der Waals surface area contributed by atoms with Crippen LogP contribution in [0.1, 0.15) is 24.6 Å². The highest BCUT2D eigenvalue weighted by Crippen LogP contribution is 2.20. The van der Waals surface area contributed by atoms with Crippen molar-refractivity contribution in [1.29, 1.82) is 0 Å². The standard InChI is InChI=1S/C10H14N2O2/c1-7-3-4-8(6-12-7)10(2,11)5-9(13)14/h3-4,6H,5,11H2,1-2H3,(H,13,14)/t10-/m0/s1. The Morgan fingerprint density at radius 1 is 1.64 bits per heavy atom. The van der Waals surface area contributed by atoms with Crippen molar-refractivity contribution in [3.63, 3.8) is 0 Å². The van der Waals surface area contributed by atoms with Crippen LogP contribution >= 0.6 is 0 Å². The monoisotopic (exact) mass is 194 g/mol. The highest BCUT2D eigenvalue weighted by atomic mass is 16.4. The third-order valence-corrected chi connectivity index (χ3v) is 2.09. The quantitative estimate of drug-likeness (QED) is 0.753. The smallest absolute Gasteiger partial charge is 0.305 e. The molecule has 14 heavy (non-hydrogen) atoms. The highest BCUT2D eigenvalue weighted by molar-refractivity contribution is 5.68. The Morgan fingerprint density at radius 3 is 2.71 bits per heavy atom. The van der Waals surface area contributed by atoms with Crippen molar-refractivity contribution < 1.29 is 9.90 Å². The van der Waals surface area contributed by atoms with Gasteiger partial charge in [-0.2, -0.15) is 0 Å². The summed E-state index contributed by atoms with van der Waals surface area (Å²) in [4.78, 5) is 14.6. The summed E-state index contributed by atoms with van der Waals surface area (Å²) < 4.78 is 0. The minimum absolute atomic E-state index is 0.0995. The van der Waals surface area contributed by atoms with Gasteiger partial charge in [-0.1, -0.05) is 6.07 Å². The number of nitrogens with two attached hydrogens (primary N) is 1. The number of rotatable bonds is 3. The number of pyridine rings is 1. The number of carbonyl (C=O) groups is 1. The molecule has 1 rings (SSSR count). The van der Waals surface area contributed by atoms with Crippen LogP contribution in [0.4, 0.5) is 0 Å². The zero-order valence-electron chi connectivity index (χ0n) is 8.32. The number of hydrogen-bond donors (Lipinski definition) is 2. The van der Waals surface area contributed by atoms with E-state index in [0.717, 1.165) is 11.3 Å². The molecule has 0 spiro atoms. The predicted molar refractivity (Wildman–Crippen MR) is 52.8 cm³/mol. The van der Waals surface area contributed by atoms with Gasteiger partial charge in [0.05, 0.1) is 12.0 Å². The maximum Gasteiger partial charge on any atom is 0.305 e. The summed E-state index contributed by atoms with van der Waals surface area (Å²) in [5.41, 5.74) is 6.64. The molecule has 0 fully saturated rings. The number of carboxylic acids is 1. The van der Waals surface area contributed by atoms with Crippen molar-refractivity contribution in [3.05, 3.63) is 29.6 Å². The van der Waals surface area contributed by atoms with Gasteiger partial charge in [0.25, 0.3) is 0 Å². The van der Waals surface area contributed by atoms with E-state index in [1.54, 1.807) is 13.1 Å². The van der Waals surface area contributed by atoms with Crippen LogP contribution in [0.2, 0.25) is 0 Å². The largest absolute Gasteiger partial charge is 0.481 e. The van der Waals surface area contributed by atoms with Crippen molar-refractivity contribution in [2.24, 2.45) is 5.73 Å². The Hall–Kier alpha value is -1.42. The Kier molecular flexibility index (Phi) is 2.86. The molecule has 76 valence electrons. The van der Waals surface area contributed by atoms with Gasteiger partial charge in [-0.3, -0.25) is 9.78 Å². The third kappa shape index (κ3) is 2.53. The van der Waals surface area contributed by atoms with Gasteiger partial charge in [-0.05, 0) is 25.5 Å². The normalized spacial score (nSPS) is 14.8. The Labute approximate surface area is 82.8 Å². The van der Waals surface area contributed by atoms with Crippen LogP contribution in [-0.2, 0) is 10.3 Å². The van der Waals surface area contributed by atoms with Gasteiger partial charge in [0.1, 0.15) is 0 Å². The molecule has 0 saturated heterocycles. The summed E-state index contributed by atoms with van der Waals surface area (Å²) in [6, 6.07) is 3.63. The molecule has 0 saturated carbocycles. The number of aromatic nitrogens is 1. The van der Waals surface area contributed by atoms with Crippen LogP contribution in [-0.4, -0.2) is 16.1 Å². The average molecular weight is 194 g/mol. The van der Waals surface area contributed by atoms with Gasteiger partial charge in [-0.15, -0.1) is 0 Å². The van der Waals surface area contributed by atoms with E-state index in [1.807, 2.05) is 19.1 Å². The molecule has 0 aliphatic heterocycles. The number of carboxylic acid groups (broad SMARTS) is 1. The van der Waals surface area contributed by atoms with E-state index in [1.165, 1.54) is 0 Å². The molecule has 0 radical (unpaired) electrons. The maximum atomic E-state index is 10.6. The van der Waals surface area contributed by atoms with E-state index in [4.69, 9.17) is 10.8 Å². The second kappa shape index (κ2) is 3.75. The van der Waals surface area contributed by atoms with Crippen LogP contribution in [0.15, 0.2) is 18.3 Å². The molecule has 0 aromatic carbocycles. The lowest BCUT2D eigenvalue weighted by Gasteiger charge is -2.22. The molecule has 1 aromatic heterocycles. The second-order valence-electron chi connectivity index (χ2n) is 3.68. The van der Waals surface area contributed by atoms with Gasteiger partial charge in [0.2, 0.25) is 0 Å². The van der Waals surface area contributed by atoms with Crippen LogP contribution in [0.5, 0.6) is 0 Å². The lowest BCUT2D eigenvalue weighted by Crippen LogP contribution is -2.35. The molecule has 0 unspecified atom stereocenters. The minimum Gasteiger partial charge on any atom is -0.481 e. The van der Waals surface area contributed by atoms with Crippen molar-refractivity contribution >= 4 is 5.97 Å². The summed E-state index contributed by atoms with van der Waals surface area (Å²) >= 11 is 0. The predicted octanol–water partition coefficient (Wildman–Crippen LogP) is 1.04. The number of nitrogens with zero attached hydrogens (tertiary/aromatic N) is 1. The summed E-state index contributed by atoms with van der Waals surface area (Å²) in [6.45, 7) is 3.56. The molecule has 1 aromatic rings. The van der Waals surface area contributed by atoms with Gasteiger partial charge in [0.15, 0.2) is 0 Å². The van der Waals surface area contributed by atoms with Crippen molar-refractivity contribution in [2.45, 2.75) is 25.8 Å². The second-order valence-corrected chi connectivity index (χ2v) is 3.68. The van der Waals surface area contributed by atoms with Crippen LogP contribution in [0, 0.1) is 6.92 Å². The molecular weight excluding hydrogens is 180 g/mol. The molecule has 4 heteroatoms. The van der Waals surface area contributed by atoms with Gasteiger partial charge >= 0.3 is 5.97 Å². The van der Waals surface area contributed by atoms with E-state index in [9.17, 15) is 4.79 Å². The number of hydrogen-bond acceptors (Lipinski definition) is 3. The van der Waals surface area contributed by atoms with Gasteiger partial charge < -0.3 is 10.8 Å². The van der Waals surface area contributed by atoms with E-state index in [-0.39, 0.29) is 6.42 Å². The molecule has 1 atom stereocenters. The molecule has 0 amide bonds. The number of aliphatic carboxylic acids is 1. The fourth-order valence-electron chi connectivity index (χ4n) is 1.22. The van der Waals surface area contributed by atoms with E-state index in [2.05, 4.69) is 4.98 Å². The summed E-state index contributed by atoms with van der Waals surface area (Å²) in [5.74, 6) is -0.907. The Bertz CT molecular complexity index is 330.